The maximum Gasteiger partial charge on any atom is 0.273 e. The zero-order chi connectivity index (χ0) is 20.4. The first-order chi connectivity index (χ1) is 14.1. The van der Waals surface area contributed by atoms with Crippen LogP contribution in [0.15, 0.2) is 59.7 Å². The van der Waals surface area contributed by atoms with Gasteiger partial charge >= 0.3 is 0 Å². The number of carbonyl (C=O) groups excluding carboxylic acids is 1. The molecule has 6 nitrogen and oxygen atoms in total. The topological polar surface area (TPSA) is 76.9 Å². The summed E-state index contributed by atoms with van der Waals surface area (Å²) in [5.41, 5.74) is 3.07. The average Bonchev–Trinajstić information content (AvgIpc) is 3.16. The number of nitrogens with zero attached hydrogens (tertiary/aromatic N) is 3. The number of halogens is 1. The SMILES string of the molecule is CCc1ccccc1NC(=O)Cn1cnc2c(-c3ccc(F)cc3)nsc2c1=O. The molecular weight excluding hydrogens is 391 g/mol. The Hall–Kier alpha value is -3.39. The van der Waals surface area contributed by atoms with E-state index in [0.29, 0.717) is 21.5 Å². The Bertz CT molecular complexity index is 1250. The fraction of sp³-hybridized carbons (Fsp3) is 0.143. The highest BCUT2D eigenvalue weighted by Gasteiger charge is 2.16. The molecule has 0 spiro atoms. The highest BCUT2D eigenvalue weighted by Crippen LogP contribution is 2.27. The summed E-state index contributed by atoms with van der Waals surface area (Å²) in [6, 6.07) is 13.4. The lowest BCUT2D eigenvalue weighted by Crippen LogP contribution is -2.27. The van der Waals surface area contributed by atoms with Crippen molar-refractivity contribution >= 4 is 33.3 Å². The van der Waals surface area contributed by atoms with Gasteiger partial charge in [0.05, 0.1) is 6.33 Å². The van der Waals surface area contributed by atoms with Crippen LogP contribution in [0.2, 0.25) is 0 Å². The number of anilines is 1. The molecule has 4 aromatic rings. The molecule has 0 aliphatic rings. The molecule has 2 heterocycles. The molecule has 4 rings (SSSR count). The normalized spacial score (nSPS) is 11.0. The molecule has 0 aliphatic heterocycles. The second-order valence-electron chi connectivity index (χ2n) is 6.45. The van der Waals surface area contributed by atoms with Gasteiger partial charge in [0.15, 0.2) is 0 Å². The molecule has 29 heavy (non-hydrogen) atoms. The van der Waals surface area contributed by atoms with Crippen LogP contribution in [0.3, 0.4) is 0 Å². The molecule has 0 atom stereocenters. The van der Waals surface area contributed by atoms with Crippen LogP contribution in [0, 0.1) is 5.82 Å². The second-order valence-corrected chi connectivity index (χ2v) is 7.23. The van der Waals surface area contributed by atoms with Crippen molar-refractivity contribution in [2.45, 2.75) is 19.9 Å². The summed E-state index contributed by atoms with van der Waals surface area (Å²) in [5, 5.41) is 2.85. The van der Waals surface area contributed by atoms with Crippen molar-refractivity contribution in [3.63, 3.8) is 0 Å². The maximum atomic E-state index is 13.2. The Morgan fingerprint density at radius 2 is 1.93 bits per heavy atom. The number of hydrogen-bond donors (Lipinski definition) is 1. The van der Waals surface area contributed by atoms with E-state index in [1.807, 2.05) is 31.2 Å². The summed E-state index contributed by atoms with van der Waals surface area (Å²) in [7, 11) is 0. The van der Waals surface area contributed by atoms with Crippen molar-refractivity contribution in [3.8, 4) is 11.3 Å². The number of amides is 1. The minimum absolute atomic E-state index is 0.149. The van der Waals surface area contributed by atoms with E-state index in [2.05, 4.69) is 14.7 Å². The molecule has 0 saturated carbocycles. The Kier molecular flexibility index (Phi) is 5.18. The monoisotopic (exact) mass is 408 g/mol. The van der Waals surface area contributed by atoms with Gasteiger partial charge in [-0.05, 0) is 53.8 Å². The lowest BCUT2D eigenvalue weighted by atomic mass is 10.1. The third-order valence-electron chi connectivity index (χ3n) is 4.55. The van der Waals surface area contributed by atoms with Gasteiger partial charge in [0.25, 0.3) is 5.56 Å². The molecule has 2 aromatic carbocycles. The van der Waals surface area contributed by atoms with E-state index < -0.39 is 0 Å². The largest absolute Gasteiger partial charge is 0.324 e. The predicted molar refractivity (Wildman–Crippen MR) is 112 cm³/mol. The van der Waals surface area contributed by atoms with Crippen LogP contribution >= 0.6 is 11.5 Å². The second kappa shape index (κ2) is 7.92. The first-order valence-corrected chi connectivity index (χ1v) is 9.82. The number of para-hydroxylation sites is 1. The van der Waals surface area contributed by atoms with Crippen LogP contribution in [0.5, 0.6) is 0 Å². The fourth-order valence-corrected chi connectivity index (χ4v) is 3.87. The van der Waals surface area contributed by atoms with Crippen molar-refractivity contribution in [1.29, 1.82) is 0 Å². The highest BCUT2D eigenvalue weighted by molar-refractivity contribution is 7.13. The molecule has 0 aliphatic carbocycles. The van der Waals surface area contributed by atoms with E-state index in [9.17, 15) is 14.0 Å². The number of hydrogen-bond acceptors (Lipinski definition) is 5. The van der Waals surface area contributed by atoms with Crippen LogP contribution in [0.1, 0.15) is 12.5 Å². The third-order valence-corrected chi connectivity index (χ3v) is 5.38. The van der Waals surface area contributed by atoms with E-state index in [1.165, 1.54) is 23.0 Å². The number of benzene rings is 2. The minimum atomic E-state index is -0.348. The van der Waals surface area contributed by atoms with Crippen molar-refractivity contribution in [2.24, 2.45) is 0 Å². The van der Waals surface area contributed by atoms with Gasteiger partial charge in [-0.15, -0.1) is 0 Å². The van der Waals surface area contributed by atoms with Crippen molar-refractivity contribution in [1.82, 2.24) is 13.9 Å². The molecule has 0 bridgehead atoms. The fourth-order valence-electron chi connectivity index (χ4n) is 3.06. The molecule has 0 fully saturated rings. The number of nitrogens with one attached hydrogen (secondary N) is 1. The molecule has 2 aromatic heterocycles. The number of aryl methyl sites for hydroxylation is 1. The van der Waals surface area contributed by atoms with Gasteiger partial charge in [0, 0.05) is 11.3 Å². The zero-order valence-corrected chi connectivity index (χ0v) is 16.4. The van der Waals surface area contributed by atoms with E-state index in [1.54, 1.807) is 12.1 Å². The summed E-state index contributed by atoms with van der Waals surface area (Å²) < 4.78 is 19.1. The standard InChI is InChI=1S/C21H17FN4O2S/c1-2-13-5-3-4-6-16(13)24-17(27)11-26-12-23-19-18(25-29-20(19)21(26)28)14-7-9-15(22)10-8-14/h3-10,12H,2,11H2,1H3,(H,24,27). The molecule has 0 unspecified atom stereocenters. The van der Waals surface area contributed by atoms with Crippen LogP contribution in [-0.2, 0) is 17.8 Å². The van der Waals surface area contributed by atoms with Gasteiger partial charge in [0.1, 0.15) is 28.3 Å². The van der Waals surface area contributed by atoms with Crippen LogP contribution in [-0.4, -0.2) is 19.8 Å². The maximum absolute atomic E-state index is 13.2. The van der Waals surface area contributed by atoms with Crippen LogP contribution in [0.25, 0.3) is 21.5 Å². The molecule has 1 amide bonds. The summed E-state index contributed by atoms with van der Waals surface area (Å²) in [6.07, 6.45) is 2.13. The van der Waals surface area contributed by atoms with E-state index in [0.717, 1.165) is 29.2 Å². The molecule has 0 saturated heterocycles. The summed E-state index contributed by atoms with van der Waals surface area (Å²) in [5.74, 6) is -0.656. The minimum Gasteiger partial charge on any atom is -0.324 e. The van der Waals surface area contributed by atoms with Gasteiger partial charge in [-0.1, -0.05) is 25.1 Å². The molecule has 1 N–H and O–H groups in total. The molecule has 0 radical (unpaired) electrons. The van der Waals surface area contributed by atoms with E-state index >= 15 is 0 Å². The third kappa shape index (κ3) is 3.79. The Morgan fingerprint density at radius 3 is 2.69 bits per heavy atom. The quantitative estimate of drug-likeness (QED) is 0.544. The number of fused-ring (bicyclic) bond motifs is 1. The van der Waals surface area contributed by atoms with Gasteiger partial charge in [0.2, 0.25) is 5.91 Å². The van der Waals surface area contributed by atoms with Crippen LogP contribution in [0.4, 0.5) is 10.1 Å². The first kappa shape index (κ1) is 18.9. The molecule has 146 valence electrons. The number of carbonyl (C=O) groups is 1. The predicted octanol–water partition coefficient (Wildman–Crippen LogP) is 3.86. The summed E-state index contributed by atoms with van der Waals surface area (Å²) in [6.45, 7) is 1.86. The van der Waals surface area contributed by atoms with E-state index in [4.69, 9.17) is 0 Å². The summed E-state index contributed by atoms with van der Waals surface area (Å²) >= 11 is 1.02. The smallest absolute Gasteiger partial charge is 0.273 e. The Balaban J connectivity index is 1.60. The molecular formula is C21H17FN4O2S. The summed E-state index contributed by atoms with van der Waals surface area (Å²) in [4.78, 5) is 29.6. The van der Waals surface area contributed by atoms with Crippen molar-refractivity contribution < 1.29 is 9.18 Å². The zero-order valence-electron chi connectivity index (χ0n) is 15.6. The Labute approximate surface area is 169 Å². The van der Waals surface area contributed by atoms with Gasteiger partial charge in [-0.3, -0.25) is 14.2 Å². The number of rotatable bonds is 5. The van der Waals surface area contributed by atoms with Gasteiger partial charge < -0.3 is 5.32 Å². The molecule has 8 heteroatoms. The lowest BCUT2D eigenvalue weighted by Gasteiger charge is -2.10. The van der Waals surface area contributed by atoms with Crippen LogP contribution < -0.4 is 10.9 Å². The van der Waals surface area contributed by atoms with Crippen molar-refractivity contribution in [2.75, 3.05) is 5.32 Å². The van der Waals surface area contributed by atoms with E-state index in [-0.39, 0.29) is 23.8 Å². The van der Waals surface area contributed by atoms with Crippen molar-refractivity contribution in [3.05, 3.63) is 76.6 Å². The average molecular weight is 408 g/mol. The Morgan fingerprint density at radius 1 is 1.17 bits per heavy atom. The van der Waals surface area contributed by atoms with Gasteiger partial charge in [-0.2, -0.15) is 4.37 Å². The van der Waals surface area contributed by atoms with Gasteiger partial charge in [-0.25, -0.2) is 9.37 Å². The first-order valence-electron chi connectivity index (χ1n) is 9.05. The lowest BCUT2D eigenvalue weighted by molar-refractivity contribution is -0.116. The highest BCUT2D eigenvalue weighted by atomic mass is 32.1. The number of aromatic nitrogens is 3.